The van der Waals surface area contributed by atoms with E-state index in [9.17, 15) is 0 Å². The lowest BCUT2D eigenvalue weighted by atomic mass is 10.2. The van der Waals surface area contributed by atoms with Crippen molar-refractivity contribution in [3.63, 3.8) is 0 Å². The molecule has 2 aromatic rings. The molecule has 96 valence electrons. The molecule has 0 bridgehead atoms. The molecule has 1 aliphatic rings. The first-order valence-electron chi connectivity index (χ1n) is 6.73. The van der Waals surface area contributed by atoms with Gasteiger partial charge < -0.3 is 10.3 Å². The fourth-order valence-electron chi connectivity index (χ4n) is 2.54. The number of para-hydroxylation sites is 2. The first-order chi connectivity index (χ1) is 8.92. The number of fused-ring (bicyclic) bond motifs is 1. The third-order valence-electron chi connectivity index (χ3n) is 3.50. The number of aromatic nitrogens is 2. The van der Waals surface area contributed by atoms with Crippen molar-refractivity contribution in [2.45, 2.75) is 36.9 Å². The van der Waals surface area contributed by atoms with Crippen molar-refractivity contribution in [1.82, 2.24) is 15.3 Å². The van der Waals surface area contributed by atoms with Crippen LogP contribution in [-0.4, -0.2) is 28.3 Å². The van der Waals surface area contributed by atoms with Crippen LogP contribution in [0.1, 0.15) is 25.7 Å². The molecule has 0 radical (unpaired) electrons. The molecule has 0 amide bonds. The number of hydrogen-bond acceptors (Lipinski definition) is 3. The van der Waals surface area contributed by atoms with Gasteiger partial charge in [0.25, 0.3) is 0 Å². The molecule has 0 saturated heterocycles. The van der Waals surface area contributed by atoms with E-state index < -0.39 is 0 Å². The first-order valence-corrected chi connectivity index (χ1v) is 7.71. The van der Waals surface area contributed by atoms with E-state index in [2.05, 4.69) is 21.4 Å². The fourth-order valence-corrected chi connectivity index (χ4v) is 3.30. The Morgan fingerprint density at radius 2 is 2.11 bits per heavy atom. The molecule has 0 aliphatic heterocycles. The van der Waals surface area contributed by atoms with Crippen LogP contribution in [0, 0.1) is 0 Å². The highest BCUT2D eigenvalue weighted by Gasteiger charge is 2.13. The standard InChI is InChI=1S/C14H19N3S/c1-2-6-11(5-1)15-9-10-18-14-16-12-7-3-4-8-13(12)17-14/h3-4,7-8,11,15H,1-2,5-6,9-10H2,(H,16,17). The van der Waals surface area contributed by atoms with Gasteiger partial charge in [-0.25, -0.2) is 4.98 Å². The summed E-state index contributed by atoms with van der Waals surface area (Å²) in [7, 11) is 0. The van der Waals surface area contributed by atoms with E-state index in [-0.39, 0.29) is 0 Å². The molecular weight excluding hydrogens is 242 g/mol. The number of benzene rings is 1. The van der Waals surface area contributed by atoms with Crippen LogP contribution >= 0.6 is 11.8 Å². The topological polar surface area (TPSA) is 40.7 Å². The van der Waals surface area contributed by atoms with E-state index >= 15 is 0 Å². The Bertz CT molecular complexity index is 469. The molecule has 3 nitrogen and oxygen atoms in total. The number of H-pyrrole nitrogens is 1. The molecule has 1 fully saturated rings. The molecule has 0 unspecified atom stereocenters. The normalized spacial score (nSPS) is 16.7. The SMILES string of the molecule is c1ccc2[nH]c(SCCNC3CCCC3)nc2c1. The second kappa shape index (κ2) is 5.76. The number of nitrogens with zero attached hydrogens (tertiary/aromatic N) is 1. The lowest BCUT2D eigenvalue weighted by Crippen LogP contribution is -2.28. The van der Waals surface area contributed by atoms with Gasteiger partial charge in [0.05, 0.1) is 11.0 Å². The Morgan fingerprint density at radius 1 is 1.28 bits per heavy atom. The number of rotatable bonds is 5. The highest BCUT2D eigenvalue weighted by molar-refractivity contribution is 7.99. The highest BCUT2D eigenvalue weighted by Crippen LogP contribution is 2.20. The number of aromatic amines is 1. The second-order valence-corrected chi connectivity index (χ2v) is 5.93. The monoisotopic (exact) mass is 261 g/mol. The average molecular weight is 261 g/mol. The summed E-state index contributed by atoms with van der Waals surface area (Å²) in [6, 6.07) is 8.95. The minimum atomic E-state index is 0.765. The van der Waals surface area contributed by atoms with Gasteiger partial charge in [0, 0.05) is 18.3 Å². The van der Waals surface area contributed by atoms with E-state index in [4.69, 9.17) is 0 Å². The maximum Gasteiger partial charge on any atom is 0.166 e. The van der Waals surface area contributed by atoms with E-state index in [1.807, 2.05) is 18.2 Å². The van der Waals surface area contributed by atoms with Gasteiger partial charge in [-0.05, 0) is 25.0 Å². The molecule has 1 heterocycles. The van der Waals surface area contributed by atoms with Gasteiger partial charge in [-0.2, -0.15) is 0 Å². The largest absolute Gasteiger partial charge is 0.333 e. The third kappa shape index (κ3) is 2.87. The van der Waals surface area contributed by atoms with Crippen LogP contribution < -0.4 is 5.32 Å². The third-order valence-corrected chi connectivity index (χ3v) is 4.37. The molecule has 0 atom stereocenters. The number of nitrogens with one attached hydrogen (secondary N) is 2. The maximum absolute atomic E-state index is 4.56. The van der Waals surface area contributed by atoms with E-state index in [1.165, 1.54) is 25.7 Å². The van der Waals surface area contributed by atoms with Crippen molar-refractivity contribution >= 4 is 22.8 Å². The molecule has 1 aromatic heterocycles. The number of hydrogen-bond donors (Lipinski definition) is 2. The zero-order valence-electron chi connectivity index (χ0n) is 10.5. The summed E-state index contributed by atoms with van der Waals surface area (Å²) < 4.78 is 0. The summed E-state index contributed by atoms with van der Waals surface area (Å²) in [4.78, 5) is 7.91. The average Bonchev–Trinajstić information content (AvgIpc) is 3.03. The van der Waals surface area contributed by atoms with E-state index in [1.54, 1.807) is 11.8 Å². The van der Waals surface area contributed by atoms with Gasteiger partial charge in [-0.1, -0.05) is 36.7 Å². The molecule has 2 N–H and O–H groups in total. The molecule has 3 rings (SSSR count). The van der Waals surface area contributed by atoms with Crippen molar-refractivity contribution in [3.05, 3.63) is 24.3 Å². The number of thioether (sulfide) groups is 1. The Morgan fingerprint density at radius 3 is 2.94 bits per heavy atom. The summed E-state index contributed by atoms with van der Waals surface area (Å²) in [5.41, 5.74) is 2.19. The van der Waals surface area contributed by atoms with Crippen LogP contribution in [0.4, 0.5) is 0 Å². The molecule has 18 heavy (non-hydrogen) atoms. The molecule has 4 heteroatoms. The van der Waals surface area contributed by atoms with Crippen LogP contribution in [0.15, 0.2) is 29.4 Å². The highest BCUT2D eigenvalue weighted by atomic mass is 32.2. The summed E-state index contributed by atoms with van der Waals surface area (Å²) >= 11 is 1.80. The smallest absolute Gasteiger partial charge is 0.166 e. The van der Waals surface area contributed by atoms with Crippen LogP contribution in [0.5, 0.6) is 0 Å². The Kier molecular flexibility index (Phi) is 3.86. The van der Waals surface area contributed by atoms with Gasteiger partial charge in [-0.15, -0.1) is 0 Å². The van der Waals surface area contributed by atoms with Crippen LogP contribution in [0.3, 0.4) is 0 Å². The Hall–Kier alpha value is -1.00. The van der Waals surface area contributed by atoms with Crippen molar-refractivity contribution in [1.29, 1.82) is 0 Å². The van der Waals surface area contributed by atoms with Crippen LogP contribution in [-0.2, 0) is 0 Å². The van der Waals surface area contributed by atoms with Crippen LogP contribution in [0.2, 0.25) is 0 Å². The first kappa shape index (κ1) is 12.1. The quantitative estimate of drug-likeness (QED) is 0.641. The van der Waals surface area contributed by atoms with Crippen molar-refractivity contribution in [2.24, 2.45) is 0 Å². The molecule has 1 aliphatic carbocycles. The lowest BCUT2D eigenvalue weighted by Gasteiger charge is -2.10. The van der Waals surface area contributed by atoms with Crippen molar-refractivity contribution < 1.29 is 0 Å². The van der Waals surface area contributed by atoms with Crippen LogP contribution in [0.25, 0.3) is 11.0 Å². The molecule has 0 spiro atoms. The molecule has 1 saturated carbocycles. The van der Waals surface area contributed by atoms with Gasteiger partial charge in [0.2, 0.25) is 0 Å². The van der Waals surface area contributed by atoms with Gasteiger partial charge in [-0.3, -0.25) is 0 Å². The maximum atomic E-state index is 4.56. The minimum Gasteiger partial charge on any atom is -0.333 e. The van der Waals surface area contributed by atoms with Gasteiger partial charge in [0.1, 0.15) is 0 Å². The van der Waals surface area contributed by atoms with E-state index in [0.717, 1.165) is 34.5 Å². The summed E-state index contributed by atoms with van der Waals surface area (Å²) in [5.74, 6) is 1.08. The fraction of sp³-hybridized carbons (Fsp3) is 0.500. The lowest BCUT2D eigenvalue weighted by molar-refractivity contribution is 0.545. The predicted octanol–water partition coefficient (Wildman–Crippen LogP) is 3.19. The van der Waals surface area contributed by atoms with Crippen molar-refractivity contribution in [3.8, 4) is 0 Å². The van der Waals surface area contributed by atoms with Crippen molar-refractivity contribution in [2.75, 3.05) is 12.3 Å². The second-order valence-electron chi connectivity index (χ2n) is 4.84. The molecule has 1 aromatic carbocycles. The zero-order chi connectivity index (χ0) is 12.2. The zero-order valence-corrected chi connectivity index (χ0v) is 11.3. The summed E-state index contributed by atoms with van der Waals surface area (Å²) in [6.45, 7) is 1.08. The van der Waals surface area contributed by atoms with Gasteiger partial charge >= 0.3 is 0 Å². The Balaban J connectivity index is 1.47. The predicted molar refractivity (Wildman–Crippen MR) is 77.1 cm³/mol. The molecular formula is C14H19N3S. The summed E-state index contributed by atoms with van der Waals surface area (Å²) in [6.07, 6.45) is 5.51. The summed E-state index contributed by atoms with van der Waals surface area (Å²) in [5, 5.41) is 4.65. The van der Waals surface area contributed by atoms with E-state index in [0.29, 0.717) is 0 Å². The Labute approximate surface area is 112 Å². The minimum absolute atomic E-state index is 0.765. The number of imidazole rings is 1. The van der Waals surface area contributed by atoms with Gasteiger partial charge in [0.15, 0.2) is 5.16 Å².